The zero-order valence-electron chi connectivity index (χ0n) is 13.5. The van der Waals surface area contributed by atoms with E-state index in [-0.39, 0.29) is 5.78 Å². The van der Waals surface area contributed by atoms with E-state index in [1.807, 2.05) is 26.0 Å². The molecule has 0 spiro atoms. The topological polar surface area (TPSA) is 73.3 Å². The Morgan fingerprint density at radius 2 is 1.83 bits per heavy atom. The molecule has 5 heteroatoms. The van der Waals surface area contributed by atoms with Crippen LogP contribution in [-0.2, 0) is 6.42 Å². The summed E-state index contributed by atoms with van der Waals surface area (Å²) in [5, 5.41) is 0. The minimum absolute atomic E-state index is 0.00485. The van der Waals surface area contributed by atoms with E-state index >= 15 is 0 Å². The van der Waals surface area contributed by atoms with E-state index in [0.717, 1.165) is 17.7 Å². The third-order valence-electron chi connectivity index (χ3n) is 3.80. The maximum absolute atomic E-state index is 12.2. The molecule has 24 heavy (non-hydrogen) atoms. The van der Waals surface area contributed by atoms with Crippen LogP contribution in [0.5, 0.6) is 0 Å². The van der Waals surface area contributed by atoms with Gasteiger partial charge in [-0.2, -0.15) is 0 Å². The van der Waals surface area contributed by atoms with Gasteiger partial charge < -0.3 is 8.83 Å². The molecule has 0 aliphatic rings. The number of ketones is 1. The highest BCUT2D eigenvalue weighted by Crippen LogP contribution is 2.24. The lowest BCUT2D eigenvalue weighted by atomic mass is 10.0. The maximum Gasteiger partial charge on any atom is 0.263 e. The Balaban J connectivity index is 1.68. The van der Waals surface area contributed by atoms with Gasteiger partial charge in [0.25, 0.3) is 5.89 Å². The van der Waals surface area contributed by atoms with Crippen molar-refractivity contribution < 1.29 is 18.4 Å². The molecule has 0 aliphatic carbocycles. The van der Waals surface area contributed by atoms with Gasteiger partial charge in [0.1, 0.15) is 17.8 Å². The van der Waals surface area contributed by atoms with E-state index in [9.17, 15) is 9.59 Å². The van der Waals surface area contributed by atoms with Crippen molar-refractivity contribution in [1.82, 2.24) is 4.98 Å². The number of rotatable bonds is 6. The standard InChI is InChI=1S/C19H17NO4/c1-12-3-10-18(23-12)19-20-16(13(2)24-19)8-9-17(22)15-6-4-14(11-21)5-7-15/h3-7,10-11H,8-9H2,1-2H3. The molecule has 0 fully saturated rings. The first kappa shape index (κ1) is 15.9. The summed E-state index contributed by atoms with van der Waals surface area (Å²) in [6.07, 6.45) is 1.57. The summed E-state index contributed by atoms with van der Waals surface area (Å²) >= 11 is 0. The van der Waals surface area contributed by atoms with Gasteiger partial charge >= 0.3 is 0 Å². The van der Waals surface area contributed by atoms with Gasteiger partial charge in [0, 0.05) is 24.0 Å². The summed E-state index contributed by atoms with van der Waals surface area (Å²) in [6, 6.07) is 10.3. The van der Waals surface area contributed by atoms with Gasteiger partial charge in [-0.1, -0.05) is 24.3 Å². The fraction of sp³-hybridized carbons (Fsp3) is 0.211. The van der Waals surface area contributed by atoms with Gasteiger partial charge in [-0.25, -0.2) is 4.98 Å². The molecule has 122 valence electrons. The summed E-state index contributed by atoms with van der Waals surface area (Å²) in [4.78, 5) is 27.3. The van der Waals surface area contributed by atoms with Crippen LogP contribution in [0.3, 0.4) is 0 Å². The molecule has 0 amide bonds. The van der Waals surface area contributed by atoms with Crippen LogP contribution in [0.15, 0.2) is 45.2 Å². The average molecular weight is 323 g/mol. The normalized spacial score (nSPS) is 10.8. The van der Waals surface area contributed by atoms with Crippen LogP contribution in [0.25, 0.3) is 11.7 Å². The summed E-state index contributed by atoms with van der Waals surface area (Å²) in [6.45, 7) is 3.68. The fourth-order valence-electron chi connectivity index (χ4n) is 2.44. The summed E-state index contributed by atoms with van der Waals surface area (Å²) in [5.74, 6) is 2.49. The molecule has 5 nitrogen and oxygen atoms in total. The van der Waals surface area contributed by atoms with Crippen molar-refractivity contribution in [3.05, 3.63) is 64.7 Å². The molecule has 0 saturated carbocycles. The Morgan fingerprint density at radius 1 is 1.08 bits per heavy atom. The van der Waals surface area contributed by atoms with Crippen molar-refractivity contribution in [2.45, 2.75) is 26.7 Å². The Bertz CT molecular complexity index is 871. The van der Waals surface area contributed by atoms with Crippen LogP contribution < -0.4 is 0 Å². The molecule has 0 N–H and O–H groups in total. The molecule has 1 aromatic carbocycles. The number of furan rings is 1. The second kappa shape index (κ2) is 6.66. The molecule has 0 bridgehead atoms. The third-order valence-corrected chi connectivity index (χ3v) is 3.80. The second-order valence-electron chi connectivity index (χ2n) is 5.60. The minimum Gasteiger partial charge on any atom is -0.456 e. The first-order chi connectivity index (χ1) is 11.6. The summed E-state index contributed by atoms with van der Waals surface area (Å²) in [7, 11) is 0. The quantitative estimate of drug-likeness (QED) is 0.502. The predicted molar refractivity (Wildman–Crippen MR) is 88.2 cm³/mol. The number of Topliss-reactive ketones (excluding diaryl/α,β-unsaturated/α-hetero) is 1. The van der Waals surface area contributed by atoms with Crippen molar-refractivity contribution in [1.29, 1.82) is 0 Å². The monoisotopic (exact) mass is 323 g/mol. The molecular weight excluding hydrogens is 306 g/mol. The van der Waals surface area contributed by atoms with Gasteiger partial charge in [-0.3, -0.25) is 9.59 Å². The van der Waals surface area contributed by atoms with Crippen molar-refractivity contribution in [2.75, 3.05) is 0 Å². The van der Waals surface area contributed by atoms with E-state index in [1.54, 1.807) is 24.3 Å². The van der Waals surface area contributed by atoms with Gasteiger partial charge in [-0.15, -0.1) is 0 Å². The van der Waals surface area contributed by atoms with Crippen molar-refractivity contribution >= 4 is 12.1 Å². The van der Waals surface area contributed by atoms with E-state index < -0.39 is 0 Å². The highest BCUT2D eigenvalue weighted by molar-refractivity contribution is 5.96. The lowest BCUT2D eigenvalue weighted by Gasteiger charge is -2.00. The zero-order chi connectivity index (χ0) is 17.1. The van der Waals surface area contributed by atoms with Crippen molar-refractivity contribution in [2.24, 2.45) is 0 Å². The van der Waals surface area contributed by atoms with Crippen LogP contribution in [-0.4, -0.2) is 17.1 Å². The number of hydrogen-bond acceptors (Lipinski definition) is 5. The first-order valence-electron chi connectivity index (χ1n) is 7.68. The molecule has 0 radical (unpaired) electrons. The number of hydrogen-bond donors (Lipinski definition) is 0. The Hall–Kier alpha value is -2.95. The van der Waals surface area contributed by atoms with E-state index in [2.05, 4.69) is 4.98 Å². The number of oxazole rings is 1. The Labute approximate surface area is 139 Å². The smallest absolute Gasteiger partial charge is 0.263 e. The van der Waals surface area contributed by atoms with Gasteiger partial charge in [0.15, 0.2) is 11.5 Å². The van der Waals surface area contributed by atoms with Gasteiger partial charge in [0.05, 0.1) is 5.69 Å². The summed E-state index contributed by atoms with van der Waals surface area (Å²) in [5.41, 5.74) is 1.89. The molecule has 0 aliphatic heterocycles. The molecule has 3 aromatic rings. The third kappa shape index (κ3) is 3.35. The van der Waals surface area contributed by atoms with Crippen LogP contribution in [0.2, 0.25) is 0 Å². The van der Waals surface area contributed by atoms with E-state index in [1.165, 1.54) is 0 Å². The summed E-state index contributed by atoms with van der Waals surface area (Å²) < 4.78 is 11.1. The highest BCUT2D eigenvalue weighted by atomic mass is 16.4. The lowest BCUT2D eigenvalue weighted by molar-refractivity contribution is 0.0981. The highest BCUT2D eigenvalue weighted by Gasteiger charge is 2.15. The number of benzene rings is 1. The lowest BCUT2D eigenvalue weighted by Crippen LogP contribution is -2.02. The second-order valence-corrected chi connectivity index (χ2v) is 5.60. The largest absolute Gasteiger partial charge is 0.456 e. The predicted octanol–water partition coefficient (Wildman–Crippen LogP) is 4.18. The number of aryl methyl sites for hydroxylation is 3. The number of carbonyl (C=O) groups excluding carboxylic acids is 2. The minimum atomic E-state index is 0.00485. The number of aldehydes is 1. The van der Waals surface area contributed by atoms with Crippen molar-refractivity contribution in [3.8, 4) is 11.7 Å². The Morgan fingerprint density at radius 3 is 2.46 bits per heavy atom. The molecule has 2 aromatic heterocycles. The fourth-order valence-corrected chi connectivity index (χ4v) is 2.44. The molecule has 2 heterocycles. The van der Waals surface area contributed by atoms with Crippen LogP contribution >= 0.6 is 0 Å². The zero-order valence-corrected chi connectivity index (χ0v) is 13.5. The van der Waals surface area contributed by atoms with Gasteiger partial charge in [0.2, 0.25) is 0 Å². The SMILES string of the molecule is Cc1ccc(-c2nc(CCC(=O)c3ccc(C=O)cc3)c(C)o2)o1. The first-order valence-corrected chi connectivity index (χ1v) is 7.68. The average Bonchev–Trinajstić information content (AvgIpc) is 3.18. The van der Waals surface area contributed by atoms with Crippen molar-refractivity contribution in [3.63, 3.8) is 0 Å². The molecule has 0 unspecified atom stereocenters. The van der Waals surface area contributed by atoms with E-state index in [4.69, 9.17) is 8.83 Å². The van der Waals surface area contributed by atoms with Crippen LogP contribution in [0, 0.1) is 13.8 Å². The van der Waals surface area contributed by atoms with Crippen LogP contribution in [0.1, 0.15) is 44.4 Å². The molecule has 3 rings (SSSR count). The molecule has 0 saturated heterocycles. The number of carbonyl (C=O) groups is 2. The number of nitrogens with zero attached hydrogens (tertiary/aromatic N) is 1. The number of aromatic nitrogens is 1. The molecular formula is C19H17NO4. The molecule has 0 atom stereocenters. The van der Waals surface area contributed by atoms with Crippen LogP contribution in [0.4, 0.5) is 0 Å². The van der Waals surface area contributed by atoms with Gasteiger partial charge in [-0.05, 0) is 26.0 Å². The maximum atomic E-state index is 12.2. The Kier molecular flexibility index (Phi) is 4.42. The van der Waals surface area contributed by atoms with E-state index in [0.29, 0.717) is 41.4 Å².